The molecule has 4 rings (SSSR count). The highest BCUT2D eigenvalue weighted by atomic mass is 16.5. The van der Waals surface area contributed by atoms with E-state index in [1.807, 2.05) is 11.6 Å². The van der Waals surface area contributed by atoms with Gasteiger partial charge >= 0.3 is 0 Å². The zero-order valence-corrected chi connectivity index (χ0v) is 12.9. The molecule has 2 aromatic heterocycles. The molecule has 2 N–H and O–H groups in total. The van der Waals surface area contributed by atoms with Gasteiger partial charge in [-0.2, -0.15) is 0 Å². The Morgan fingerprint density at radius 3 is 2.83 bits per heavy atom. The Hall–Kier alpha value is -2.22. The summed E-state index contributed by atoms with van der Waals surface area (Å²) in [5, 5.41) is 24.1. The van der Waals surface area contributed by atoms with Crippen molar-refractivity contribution in [2.45, 2.75) is 50.2 Å². The van der Waals surface area contributed by atoms with E-state index in [2.05, 4.69) is 20.7 Å². The number of nitrogens with zero attached hydrogens (tertiary/aromatic N) is 4. The molecule has 0 saturated heterocycles. The van der Waals surface area contributed by atoms with Gasteiger partial charge in [-0.3, -0.25) is 4.79 Å². The van der Waals surface area contributed by atoms with Crippen LogP contribution in [-0.2, 0) is 13.7 Å². The summed E-state index contributed by atoms with van der Waals surface area (Å²) < 4.78 is 6.95. The van der Waals surface area contributed by atoms with Crippen LogP contribution in [0.1, 0.15) is 65.4 Å². The third kappa shape index (κ3) is 2.63. The van der Waals surface area contributed by atoms with Gasteiger partial charge in [0.2, 0.25) is 5.76 Å². The summed E-state index contributed by atoms with van der Waals surface area (Å²) in [5.74, 6) is 2.23. The number of carbonyl (C=O) groups is 1. The zero-order chi connectivity index (χ0) is 16.0. The summed E-state index contributed by atoms with van der Waals surface area (Å²) in [5.41, 5.74) is 0.886. The van der Waals surface area contributed by atoms with Gasteiger partial charge in [-0.1, -0.05) is 5.16 Å². The first-order chi connectivity index (χ1) is 11.2. The molecule has 0 spiro atoms. The fourth-order valence-corrected chi connectivity index (χ4v) is 3.04. The molecule has 0 unspecified atom stereocenters. The first-order valence-electron chi connectivity index (χ1n) is 7.92. The SMILES string of the molecule is Cn1c(CO)nnc1C1CC(NC(=O)c2cc(C3CC3)no2)C1. The minimum atomic E-state index is -0.207. The summed E-state index contributed by atoms with van der Waals surface area (Å²) in [6.07, 6.45) is 3.89. The van der Waals surface area contributed by atoms with E-state index in [-0.39, 0.29) is 30.2 Å². The van der Waals surface area contributed by atoms with Crippen molar-refractivity contribution >= 4 is 5.91 Å². The molecule has 2 aliphatic rings. The molecule has 122 valence electrons. The second kappa shape index (κ2) is 5.45. The molecule has 2 fully saturated rings. The van der Waals surface area contributed by atoms with Crippen LogP contribution in [0.3, 0.4) is 0 Å². The Balaban J connectivity index is 1.32. The van der Waals surface area contributed by atoms with Crippen molar-refractivity contribution < 1.29 is 14.4 Å². The van der Waals surface area contributed by atoms with Gasteiger partial charge in [0, 0.05) is 31.0 Å². The van der Waals surface area contributed by atoms with Crippen LogP contribution in [0, 0.1) is 0 Å². The molecule has 8 nitrogen and oxygen atoms in total. The van der Waals surface area contributed by atoms with E-state index in [0.29, 0.717) is 11.7 Å². The maximum absolute atomic E-state index is 12.2. The number of hydrogen-bond donors (Lipinski definition) is 2. The van der Waals surface area contributed by atoms with Gasteiger partial charge in [0.05, 0.1) is 5.69 Å². The molecule has 0 aromatic carbocycles. The van der Waals surface area contributed by atoms with Crippen LogP contribution in [0.4, 0.5) is 0 Å². The average molecular weight is 317 g/mol. The highest BCUT2D eigenvalue weighted by molar-refractivity contribution is 5.91. The molecule has 0 atom stereocenters. The Kier molecular flexibility index (Phi) is 3.41. The predicted molar refractivity (Wildman–Crippen MR) is 78.6 cm³/mol. The molecule has 2 aliphatic carbocycles. The predicted octanol–water partition coefficient (Wildman–Crippen LogP) is 0.849. The zero-order valence-electron chi connectivity index (χ0n) is 12.9. The van der Waals surface area contributed by atoms with Gasteiger partial charge in [0.15, 0.2) is 5.82 Å². The normalized spacial score (nSPS) is 23.6. The average Bonchev–Trinajstić information content (AvgIpc) is 3.12. The van der Waals surface area contributed by atoms with E-state index in [0.717, 1.165) is 37.2 Å². The highest BCUT2D eigenvalue weighted by Gasteiger charge is 2.36. The number of aliphatic hydroxyl groups is 1. The van der Waals surface area contributed by atoms with Crippen molar-refractivity contribution in [3.05, 3.63) is 29.2 Å². The van der Waals surface area contributed by atoms with Gasteiger partial charge < -0.3 is 19.5 Å². The summed E-state index contributed by atoms with van der Waals surface area (Å²) in [6.45, 7) is -0.120. The molecular formula is C15H19N5O3. The van der Waals surface area contributed by atoms with E-state index in [9.17, 15) is 4.79 Å². The first kappa shape index (κ1) is 14.4. The largest absolute Gasteiger partial charge is 0.388 e. The number of nitrogens with one attached hydrogen (secondary N) is 1. The Labute approximate surface area is 132 Å². The minimum Gasteiger partial charge on any atom is -0.388 e. The second-order valence-electron chi connectivity index (χ2n) is 6.42. The van der Waals surface area contributed by atoms with Crippen LogP contribution < -0.4 is 5.32 Å². The van der Waals surface area contributed by atoms with Crippen LogP contribution in [0.25, 0.3) is 0 Å². The Morgan fingerprint density at radius 2 is 2.17 bits per heavy atom. The smallest absolute Gasteiger partial charge is 0.290 e. The van der Waals surface area contributed by atoms with Crippen molar-refractivity contribution in [2.75, 3.05) is 0 Å². The molecule has 1 amide bonds. The van der Waals surface area contributed by atoms with Crippen LogP contribution in [0.15, 0.2) is 10.6 Å². The maximum atomic E-state index is 12.2. The Bertz CT molecular complexity index is 727. The summed E-state index contributed by atoms with van der Waals surface area (Å²) in [4.78, 5) is 12.2. The monoisotopic (exact) mass is 317 g/mol. The number of aromatic nitrogens is 4. The molecular weight excluding hydrogens is 298 g/mol. The number of aliphatic hydroxyl groups excluding tert-OH is 1. The quantitative estimate of drug-likeness (QED) is 0.847. The van der Waals surface area contributed by atoms with E-state index < -0.39 is 0 Å². The standard InChI is InChI=1S/C15H19N5O3/c1-20-13(7-21)17-18-14(20)9-4-10(5-9)16-15(22)12-6-11(19-23-12)8-2-3-8/h6,8-10,21H,2-5,7H2,1H3,(H,16,22). The summed E-state index contributed by atoms with van der Waals surface area (Å²) >= 11 is 0. The van der Waals surface area contributed by atoms with Gasteiger partial charge in [0.25, 0.3) is 5.91 Å². The van der Waals surface area contributed by atoms with E-state index in [1.54, 1.807) is 6.07 Å². The van der Waals surface area contributed by atoms with Gasteiger partial charge in [-0.05, 0) is 25.7 Å². The third-order valence-corrected chi connectivity index (χ3v) is 4.73. The molecule has 2 aromatic rings. The number of hydrogen-bond acceptors (Lipinski definition) is 6. The minimum absolute atomic E-state index is 0.108. The lowest BCUT2D eigenvalue weighted by atomic mass is 9.79. The van der Waals surface area contributed by atoms with E-state index in [4.69, 9.17) is 9.63 Å². The molecule has 2 saturated carbocycles. The first-order valence-corrected chi connectivity index (χ1v) is 7.92. The number of amides is 1. The van der Waals surface area contributed by atoms with Crippen molar-refractivity contribution in [1.82, 2.24) is 25.2 Å². The van der Waals surface area contributed by atoms with Crippen LogP contribution >= 0.6 is 0 Å². The van der Waals surface area contributed by atoms with Crippen LogP contribution in [-0.4, -0.2) is 37.0 Å². The van der Waals surface area contributed by atoms with Crippen LogP contribution in [0.2, 0.25) is 0 Å². The van der Waals surface area contributed by atoms with Crippen molar-refractivity contribution in [3.8, 4) is 0 Å². The van der Waals surface area contributed by atoms with Crippen molar-refractivity contribution in [3.63, 3.8) is 0 Å². The summed E-state index contributed by atoms with van der Waals surface area (Å²) in [6, 6.07) is 1.86. The fraction of sp³-hybridized carbons (Fsp3) is 0.600. The highest BCUT2D eigenvalue weighted by Crippen LogP contribution is 2.39. The molecule has 0 radical (unpaired) electrons. The van der Waals surface area contributed by atoms with Gasteiger partial charge in [-0.25, -0.2) is 0 Å². The third-order valence-electron chi connectivity index (χ3n) is 4.73. The molecule has 0 bridgehead atoms. The number of carbonyl (C=O) groups excluding carboxylic acids is 1. The van der Waals surface area contributed by atoms with E-state index >= 15 is 0 Å². The molecule has 0 aliphatic heterocycles. The lowest BCUT2D eigenvalue weighted by molar-refractivity contribution is 0.0869. The van der Waals surface area contributed by atoms with Crippen LogP contribution in [0.5, 0.6) is 0 Å². The lowest BCUT2D eigenvalue weighted by Gasteiger charge is -2.34. The van der Waals surface area contributed by atoms with Gasteiger partial charge in [-0.15, -0.1) is 10.2 Å². The maximum Gasteiger partial charge on any atom is 0.290 e. The molecule has 8 heteroatoms. The van der Waals surface area contributed by atoms with Gasteiger partial charge in [0.1, 0.15) is 12.4 Å². The second-order valence-corrected chi connectivity index (χ2v) is 6.42. The van der Waals surface area contributed by atoms with Crippen molar-refractivity contribution in [1.29, 1.82) is 0 Å². The van der Waals surface area contributed by atoms with Crippen molar-refractivity contribution in [2.24, 2.45) is 7.05 Å². The van der Waals surface area contributed by atoms with E-state index in [1.165, 1.54) is 0 Å². The summed E-state index contributed by atoms with van der Waals surface area (Å²) in [7, 11) is 1.85. The lowest BCUT2D eigenvalue weighted by Crippen LogP contribution is -2.43. The number of rotatable bonds is 5. The molecule has 2 heterocycles. The topological polar surface area (TPSA) is 106 Å². The fourth-order valence-electron chi connectivity index (χ4n) is 3.04. The molecule has 23 heavy (non-hydrogen) atoms. The Morgan fingerprint density at radius 1 is 1.39 bits per heavy atom.